The van der Waals surface area contributed by atoms with Crippen LogP contribution in [-0.4, -0.2) is 62.9 Å². The van der Waals surface area contributed by atoms with Gasteiger partial charge in [0.15, 0.2) is 6.04 Å². The van der Waals surface area contributed by atoms with Crippen LogP contribution in [-0.2, 0) is 14.8 Å². The minimum absolute atomic E-state index is 0.159. The van der Waals surface area contributed by atoms with Gasteiger partial charge in [0.2, 0.25) is 0 Å². The van der Waals surface area contributed by atoms with E-state index in [2.05, 4.69) is 10.6 Å². The van der Waals surface area contributed by atoms with Crippen molar-refractivity contribution in [2.24, 2.45) is 0 Å². The number of rotatable bonds is 5. The Morgan fingerprint density at radius 1 is 1.26 bits per heavy atom. The zero-order valence-electron chi connectivity index (χ0n) is 15.4. The summed E-state index contributed by atoms with van der Waals surface area (Å²) in [5.41, 5.74) is 0. The fraction of sp³-hybridized carbons (Fsp3) is 0.647. The molecule has 1 aromatic heterocycles. The van der Waals surface area contributed by atoms with Crippen molar-refractivity contribution >= 4 is 33.3 Å². The number of hydrogen-bond donors (Lipinski definition) is 3. The highest BCUT2D eigenvalue weighted by Gasteiger charge is 2.35. The first-order chi connectivity index (χ1) is 12.9. The summed E-state index contributed by atoms with van der Waals surface area (Å²) in [5.74, 6) is -0.324. The van der Waals surface area contributed by atoms with Gasteiger partial charge in [-0.25, -0.2) is 13.2 Å². The fourth-order valence-electron chi connectivity index (χ4n) is 3.68. The Balaban J connectivity index is 1.48. The summed E-state index contributed by atoms with van der Waals surface area (Å²) < 4.78 is 26.9. The highest BCUT2D eigenvalue weighted by Crippen LogP contribution is 2.20. The molecule has 0 unspecified atom stereocenters. The maximum Gasteiger partial charge on any atom is 0.321 e. The molecule has 1 saturated heterocycles. The van der Waals surface area contributed by atoms with Crippen molar-refractivity contribution in [2.45, 2.75) is 48.9 Å². The van der Waals surface area contributed by atoms with Crippen molar-refractivity contribution in [3.8, 4) is 0 Å². The molecule has 0 spiro atoms. The number of nitrogens with zero attached hydrogens (tertiary/aromatic N) is 1. The van der Waals surface area contributed by atoms with Crippen LogP contribution in [0.3, 0.4) is 0 Å². The molecule has 1 atom stereocenters. The van der Waals surface area contributed by atoms with Crippen LogP contribution in [0.25, 0.3) is 0 Å². The normalized spacial score (nSPS) is 21.1. The molecule has 150 valence electrons. The second-order valence-electron chi connectivity index (χ2n) is 7.16. The van der Waals surface area contributed by atoms with Crippen LogP contribution in [0.4, 0.5) is 4.79 Å². The molecule has 1 saturated carbocycles. The summed E-state index contributed by atoms with van der Waals surface area (Å²) in [6.45, 7) is 3.56. The summed E-state index contributed by atoms with van der Waals surface area (Å²) in [6.07, 6.45) is 4.14. The van der Waals surface area contributed by atoms with Crippen LogP contribution in [0.15, 0.2) is 21.7 Å². The minimum atomic E-state index is -3.45. The maximum atomic E-state index is 12.6. The number of amides is 3. The third-order valence-electron chi connectivity index (χ3n) is 5.39. The van der Waals surface area contributed by atoms with Crippen LogP contribution in [0.1, 0.15) is 32.6 Å². The van der Waals surface area contributed by atoms with E-state index >= 15 is 0 Å². The van der Waals surface area contributed by atoms with Gasteiger partial charge in [-0.1, -0.05) is 18.9 Å². The lowest BCUT2D eigenvalue weighted by Gasteiger charge is -2.33. The lowest BCUT2D eigenvalue weighted by Crippen LogP contribution is -3.19. The van der Waals surface area contributed by atoms with E-state index in [1.165, 1.54) is 15.6 Å². The molecule has 2 fully saturated rings. The molecule has 1 aliphatic heterocycles. The molecule has 0 aromatic carbocycles. The molecule has 1 aliphatic carbocycles. The van der Waals surface area contributed by atoms with Gasteiger partial charge in [0.05, 0.1) is 26.2 Å². The molecule has 27 heavy (non-hydrogen) atoms. The van der Waals surface area contributed by atoms with Crippen LogP contribution >= 0.6 is 11.3 Å². The van der Waals surface area contributed by atoms with Crippen molar-refractivity contribution in [2.75, 3.05) is 26.2 Å². The van der Waals surface area contributed by atoms with E-state index in [0.717, 1.165) is 30.6 Å². The summed E-state index contributed by atoms with van der Waals surface area (Å²) in [4.78, 5) is 25.3. The molecule has 2 aliphatic rings. The van der Waals surface area contributed by atoms with Crippen molar-refractivity contribution in [3.63, 3.8) is 0 Å². The van der Waals surface area contributed by atoms with E-state index in [-0.39, 0.29) is 11.9 Å². The highest BCUT2D eigenvalue weighted by molar-refractivity contribution is 7.91. The van der Waals surface area contributed by atoms with E-state index in [9.17, 15) is 18.0 Å². The van der Waals surface area contributed by atoms with Gasteiger partial charge in [0.25, 0.3) is 15.9 Å². The predicted molar refractivity (Wildman–Crippen MR) is 102 cm³/mol. The van der Waals surface area contributed by atoms with Crippen LogP contribution in [0.5, 0.6) is 0 Å². The van der Waals surface area contributed by atoms with Crippen molar-refractivity contribution < 1.29 is 22.9 Å². The average molecular weight is 416 g/mol. The number of thiophene rings is 1. The first-order valence-electron chi connectivity index (χ1n) is 9.37. The Morgan fingerprint density at radius 3 is 2.52 bits per heavy atom. The Labute approximate surface area is 164 Å². The minimum Gasteiger partial charge on any atom is -0.335 e. The molecular formula is C17H27N4O4S2+. The lowest BCUT2D eigenvalue weighted by atomic mass is 10.2. The number of piperazine rings is 1. The Kier molecular flexibility index (Phi) is 6.51. The summed E-state index contributed by atoms with van der Waals surface area (Å²) in [7, 11) is -3.45. The first-order valence-corrected chi connectivity index (χ1v) is 11.7. The number of carbonyl (C=O) groups is 2. The van der Waals surface area contributed by atoms with Gasteiger partial charge in [-0.15, -0.1) is 11.3 Å². The zero-order chi connectivity index (χ0) is 19.4. The second kappa shape index (κ2) is 8.68. The molecule has 3 rings (SSSR count). The standard InChI is InChI=1S/C17H26N4O4S2/c1-13(16(22)19-17(23)18-14-5-2-3-6-14)20-8-10-21(11-9-20)27(24,25)15-7-4-12-26-15/h4,7,12-14H,2-3,5-6,8-11H2,1H3,(H2,18,19,22,23)/p+1/t13-/m1/s1. The van der Waals surface area contributed by atoms with Gasteiger partial charge in [-0.2, -0.15) is 4.31 Å². The quantitative estimate of drug-likeness (QED) is 0.620. The number of carbonyl (C=O) groups excluding carboxylic acids is 2. The Bertz CT molecular complexity index is 752. The first kappa shape index (κ1) is 20.2. The van der Waals surface area contributed by atoms with Crippen LogP contribution < -0.4 is 15.5 Å². The van der Waals surface area contributed by atoms with Crippen LogP contribution in [0.2, 0.25) is 0 Å². The SMILES string of the molecule is C[C@H](C(=O)NC(=O)NC1CCCC1)[NH+]1CCN(S(=O)(=O)c2cccs2)CC1. The Hall–Kier alpha value is -1.49. The van der Waals surface area contributed by atoms with Gasteiger partial charge >= 0.3 is 6.03 Å². The van der Waals surface area contributed by atoms with Gasteiger partial charge in [0.1, 0.15) is 4.21 Å². The van der Waals surface area contributed by atoms with E-state index in [1.54, 1.807) is 24.4 Å². The molecule has 2 heterocycles. The van der Waals surface area contributed by atoms with Crippen molar-refractivity contribution in [1.29, 1.82) is 0 Å². The smallest absolute Gasteiger partial charge is 0.321 e. The molecule has 8 nitrogen and oxygen atoms in total. The molecule has 3 amide bonds. The highest BCUT2D eigenvalue weighted by atomic mass is 32.2. The van der Waals surface area contributed by atoms with E-state index in [0.29, 0.717) is 30.4 Å². The van der Waals surface area contributed by atoms with E-state index in [1.807, 2.05) is 0 Å². The van der Waals surface area contributed by atoms with E-state index in [4.69, 9.17) is 0 Å². The molecule has 3 N–H and O–H groups in total. The number of nitrogens with one attached hydrogen (secondary N) is 3. The topological polar surface area (TPSA) is 100 Å². The Morgan fingerprint density at radius 2 is 1.93 bits per heavy atom. The second-order valence-corrected chi connectivity index (χ2v) is 10.3. The van der Waals surface area contributed by atoms with Gasteiger partial charge in [0, 0.05) is 6.04 Å². The van der Waals surface area contributed by atoms with Crippen molar-refractivity contribution in [1.82, 2.24) is 14.9 Å². The molecule has 0 radical (unpaired) electrons. The monoisotopic (exact) mass is 415 g/mol. The van der Waals surface area contributed by atoms with Gasteiger partial charge in [-0.05, 0) is 31.2 Å². The predicted octanol–water partition coefficient (Wildman–Crippen LogP) is -0.206. The third kappa shape index (κ3) is 4.87. The molecule has 0 bridgehead atoms. The van der Waals surface area contributed by atoms with E-state index < -0.39 is 22.1 Å². The average Bonchev–Trinajstić information content (AvgIpc) is 3.35. The third-order valence-corrected chi connectivity index (χ3v) is 8.66. The molecule has 10 heteroatoms. The summed E-state index contributed by atoms with van der Waals surface area (Å²) in [6, 6.07) is 2.65. The summed E-state index contributed by atoms with van der Waals surface area (Å²) in [5, 5.41) is 7.02. The number of sulfonamides is 1. The zero-order valence-corrected chi connectivity index (χ0v) is 17.1. The molecule has 1 aromatic rings. The summed E-state index contributed by atoms with van der Waals surface area (Å²) >= 11 is 1.21. The van der Waals surface area contributed by atoms with Crippen LogP contribution in [0, 0.1) is 0 Å². The van der Waals surface area contributed by atoms with Gasteiger partial charge < -0.3 is 10.2 Å². The fourth-order valence-corrected chi connectivity index (χ4v) is 6.27. The number of quaternary nitrogens is 1. The molecular weight excluding hydrogens is 388 g/mol. The number of urea groups is 1. The lowest BCUT2D eigenvalue weighted by molar-refractivity contribution is -0.917. The van der Waals surface area contributed by atoms with Crippen molar-refractivity contribution in [3.05, 3.63) is 17.5 Å². The maximum absolute atomic E-state index is 12.6. The number of hydrogen-bond acceptors (Lipinski definition) is 5. The van der Waals surface area contributed by atoms with Gasteiger partial charge in [-0.3, -0.25) is 10.1 Å². The largest absolute Gasteiger partial charge is 0.335 e. The number of imide groups is 1.